The van der Waals surface area contributed by atoms with Gasteiger partial charge >= 0.3 is 0 Å². The summed E-state index contributed by atoms with van der Waals surface area (Å²) in [4.78, 5) is 0. The largest absolute Gasteiger partial charge is 0.508 e. The SMILES string of the molecule is Cc1n[nH]c(C)c1CCCOc1cc(O)ccc1F. The van der Waals surface area contributed by atoms with Crippen LogP contribution in [0.2, 0.25) is 0 Å². The van der Waals surface area contributed by atoms with E-state index < -0.39 is 5.82 Å². The van der Waals surface area contributed by atoms with Crippen molar-refractivity contribution in [2.24, 2.45) is 0 Å². The summed E-state index contributed by atoms with van der Waals surface area (Å²) in [6.45, 7) is 4.32. The summed E-state index contributed by atoms with van der Waals surface area (Å²) in [5, 5.41) is 16.3. The van der Waals surface area contributed by atoms with E-state index in [1.807, 2.05) is 13.8 Å². The highest BCUT2D eigenvalue weighted by molar-refractivity contribution is 5.33. The molecule has 2 N–H and O–H groups in total. The molecule has 0 aliphatic rings. The molecule has 19 heavy (non-hydrogen) atoms. The quantitative estimate of drug-likeness (QED) is 0.816. The molecule has 1 aromatic carbocycles. The molecule has 0 radical (unpaired) electrons. The van der Waals surface area contributed by atoms with Gasteiger partial charge in [0.1, 0.15) is 5.75 Å². The van der Waals surface area contributed by atoms with Crippen molar-refractivity contribution in [3.8, 4) is 11.5 Å². The number of ether oxygens (including phenoxy) is 1. The van der Waals surface area contributed by atoms with Gasteiger partial charge in [-0.2, -0.15) is 5.10 Å². The summed E-state index contributed by atoms with van der Waals surface area (Å²) in [5.41, 5.74) is 3.22. The Kier molecular flexibility index (Phi) is 4.04. The van der Waals surface area contributed by atoms with Crippen LogP contribution in [0.3, 0.4) is 0 Å². The smallest absolute Gasteiger partial charge is 0.165 e. The second-order valence-corrected chi connectivity index (χ2v) is 4.48. The van der Waals surface area contributed by atoms with E-state index in [1.165, 1.54) is 23.8 Å². The topological polar surface area (TPSA) is 58.1 Å². The van der Waals surface area contributed by atoms with E-state index in [1.54, 1.807) is 0 Å². The number of hydrogen-bond acceptors (Lipinski definition) is 3. The number of phenolic OH excluding ortho intramolecular Hbond substituents is 1. The number of nitrogens with one attached hydrogen (secondary N) is 1. The number of halogens is 1. The van der Waals surface area contributed by atoms with Gasteiger partial charge in [-0.05, 0) is 44.4 Å². The predicted octanol–water partition coefficient (Wildman–Crippen LogP) is 2.88. The zero-order valence-corrected chi connectivity index (χ0v) is 11.0. The lowest BCUT2D eigenvalue weighted by Crippen LogP contribution is -2.01. The monoisotopic (exact) mass is 264 g/mol. The maximum atomic E-state index is 13.3. The van der Waals surface area contributed by atoms with E-state index >= 15 is 0 Å². The Morgan fingerprint density at radius 3 is 2.84 bits per heavy atom. The lowest BCUT2D eigenvalue weighted by molar-refractivity contribution is 0.293. The molecule has 0 bridgehead atoms. The van der Waals surface area contributed by atoms with Crippen molar-refractivity contribution in [3.63, 3.8) is 0 Å². The van der Waals surface area contributed by atoms with Crippen molar-refractivity contribution in [2.75, 3.05) is 6.61 Å². The van der Waals surface area contributed by atoms with Gasteiger partial charge in [0.05, 0.1) is 12.3 Å². The van der Waals surface area contributed by atoms with Crippen LogP contribution in [0.15, 0.2) is 18.2 Å². The molecule has 0 atom stereocenters. The standard InChI is InChI=1S/C14H17FN2O2/c1-9-12(10(2)17-16-9)4-3-7-19-14-8-11(18)5-6-13(14)15/h5-6,8,18H,3-4,7H2,1-2H3,(H,16,17). The van der Waals surface area contributed by atoms with Crippen molar-refractivity contribution in [3.05, 3.63) is 41.0 Å². The molecule has 5 heteroatoms. The molecule has 0 aliphatic carbocycles. The first-order valence-electron chi connectivity index (χ1n) is 6.19. The van der Waals surface area contributed by atoms with Crippen molar-refractivity contribution in [2.45, 2.75) is 26.7 Å². The molecule has 0 aliphatic heterocycles. The zero-order chi connectivity index (χ0) is 13.8. The van der Waals surface area contributed by atoms with Gasteiger partial charge in [-0.15, -0.1) is 0 Å². The average molecular weight is 264 g/mol. The van der Waals surface area contributed by atoms with Crippen LogP contribution in [0.25, 0.3) is 0 Å². The van der Waals surface area contributed by atoms with E-state index in [0.29, 0.717) is 6.61 Å². The number of benzene rings is 1. The van der Waals surface area contributed by atoms with Gasteiger partial charge in [-0.1, -0.05) is 0 Å². The second kappa shape index (κ2) is 5.73. The Bertz CT molecular complexity index is 547. The van der Waals surface area contributed by atoms with Crippen LogP contribution in [0, 0.1) is 19.7 Å². The minimum Gasteiger partial charge on any atom is -0.508 e. The van der Waals surface area contributed by atoms with Crippen molar-refractivity contribution < 1.29 is 14.2 Å². The van der Waals surface area contributed by atoms with E-state index in [0.717, 1.165) is 24.2 Å². The summed E-state index contributed by atoms with van der Waals surface area (Å²) in [5.74, 6) is -0.382. The molecule has 0 fully saturated rings. The highest BCUT2D eigenvalue weighted by Gasteiger charge is 2.07. The molecular weight excluding hydrogens is 247 g/mol. The van der Waals surface area contributed by atoms with Gasteiger partial charge < -0.3 is 9.84 Å². The molecule has 0 unspecified atom stereocenters. The summed E-state index contributed by atoms with van der Waals surface area (Å²) in [6, 6.07) is 3.76. The van der Waals surface area contributed by atoms with Crippen molar-refractivity contribution >= 4 is 0 Å². The highest BCUT2D eigenvalue weighted by Crippen LogP contribution is 2.22. The first-order chi connectivity index (χ1) is 9.08. The van der Waals surface area contributed by atoms with Crippen LogP contribution < -0.4 is 4.74 Å². The minimum absolute atomic E-state index is 0.00192. The van der Waals surface area contributed by atoms with Gasteiger partial charge in [0.25, 0.3) is 0 Å². The Hall–Kier alpha value is -2.04. The Labute approximate surface area is 111 Å². The molecule has 0 saturated heterocycles. The number of aryl methyl sites for hydroxylation is 2. The molecule has 102 valence electrons. The number of phenols is 1. The summed E-state index contributed by atoms with van der Waals surface area (Å²) < 4.78 is 18.7. The molecule has 1 aromatic heterocycles. The summed E-state index contributed by atoms with van der Waals surface area (Å²) in [6.07, 6.45) is 1.59. The maximum absolute atomic E-state index is 13.3. The van der Waals surface area contributed by atoms with Gasteiger partial charge in [0.15, 0.2) is 11.6 Å². The average Bonchev–Trinajstić information content (AvgIpc) is 2.69. The number of H-pyrrole nitrogens is 1. The molecule has 2 rings (SSSR count). The predicted molar refractivity (Wildman–Crippen MR) is 69.9 cm³/mol. The number of aromatic amines is 1. The first-order valence-corrected chi connectivity index (χ1v) is 6.19. The van der Waals surface area contributed by atoms with E-state index in [4.69, 9.17) is 4.74 Å². The minimum atomic E-state index is -0.464. The molecular formula is C14H17FN2O2. The summed E-state index contributed by atoms with van der Waals surface area (Å²) in [7, 11) is 0. The number of rotatable bonds is 5. The van der Waals surface area contributed by atoms with Gasteiger partial charge in [-0.25, -0.2) is 4.39 Å². The third kappa shape index (κ3) is 3.24. The van der Waals surface area contributed by atoms with Crippen molar-refractivity contribution in [1.29, 1.82) is 0 Å². The van der Waals surface area contributed by atoms with E-state index in [9.17, 15) is 9.50 Å². The highest BCUT2D eigenvalue weighted by atomic mass is 19.1. The summed E-state index contributed by atoms with van der Waals surface area (Å²) >= 11 is 0. The Morgan fingerprint density at radius 2 is 2.16 bits per heavy atom. The molecule has 2 aromatic rings. The molecule has 0 spiro atoms. The third-order valence-electron chi connectivity index (χ3n) is 3.02. The van der Waals surface area contributed by atoms with Crippen LogP contribution in [0.1, 0.15) is 23.4 Å². The fourth-order valence-corrected chi connectivity index (χ4v) is 1.98. The zero-order valence-electron chi connectivity index (χ0n) is 11.0. The number of aromatic nitrogens is 2. The molecule has 0 saturated carbocycles. The van der Waals surface area contributed by atoms with Crippen LogP contribution in [0.4, 0.5) is 4.39 Å². The van der Waals surface area contributed by atoms with Crippen LogP contribution >= 0.6 is 0 Å². The van der Waals surface area contributed by atoms with Crippen LogP contribution in [-0.2, 0) is 6.42 Å². The van der Waals surface area contributed by atoms with Crippen LogP contribution in [-0.4, -0.2) is 21.9 Å². The lowest BCUT2D eigenvalue weighted by atomic mass is 10.1. The van der Waals surface area contributed by atoms with Gasteiger partial charge in [0.2, 0.25) is 0 Å². The van der Waals surface area contributed by atoms with Gasteiger partial charge in [-0.3, -0.25) is 5.10 Å². The number of aromatic hydroxyl groups is 1. The van der Waals surface area contributed by atoms with Crippen LogP contribution in [0.5, 0.6) is 11.5 Å². The Morgan fingerprint density at radius 1 is 1.37 bits per heavy atom. The lowest BCUT2D eigenvalue weighted by Gasteiger charge is -2.07. The fourth-order valence-electron chi connectivity index (χ4n) is 1.98. The number of nitrogens with zero attached hydrogens (tertiary/aromatic N) is 1. The van der Waals surface area contributed by atoms with E-state index in [2.05, 4.69) is 10.2 Å². The van der Waals surface area contributed by atoms with Crippen molar-refractivity contribution in [1.82, 2.24) is 10.2 Å². The first kappa shape index (κ1) is 13.4. The number of hydrogen-bond donors (Lipinski definition) is 2. The van der Waals surface area contributed by atoms with Gasteiger partial charge in [0, 0.05) is 11.8 Å². The van der Waals surface area contributed by atoms with E-state index in [-0.39, 0.29) is 11.5 Å². The maximum Gasteiger partial charge on any atom is 0.165 e. The molecule has 0 amide bonds. The Balaban J connectivity index is 1.86. The molecule has 1 heterocycles. The fraction of sp³-hybridized carbons (Fsp3) is 0.357. The third-order valence-corrected chi connectivity index (χ3v) is 3.02. The normalized spacial score (nSPS) is 10.7. The molecule has 4 nitrogen and oxygen atoms in total. The second-order valence-electron chi connectivity index (χ2n) is 4.48.